The lowest BCUT2D eigenvalue weighted by molar-refractivity contribution is 0.00867. The second kappa shape index (κ2) is 13.3. The Kier molecular flexibility index (Phi) is 11.9. The van der Waals surface area contributed by atoms with Gasteiger partial charge in [-0.2, -0.15) is 0 Å². The van der Waals surface area contributed by atoms with Crippen molar-refractivity contribution >= 4 is 29.9 Å². The first kappa shape index (κ1) is 25.0. The van der Waals surface area contributed by atoms with Gasteiger partial charge in [-0.05, 0) is 31.4 Å². The zero-order valence-corrected chi connectivity index (χ0v) is 19.3. The Hall–Kier alpha value is -1.000. The Balaban J connectivity index is 0.00000392. The molecule has 0 bridgehead atoms. The van der Waals surface area contributed by atoms with Crippen LogP contribution in [0.5, 0.6) is 0 Å². The van der Waals surface area contributed by atoms with Crippen LogP contribution in [0.25, 0.3) is 0 Å². The summed E-state index contributed by atoms with van der Waals surface area (Å²) in [6, 6.07) is 4.29. The molecule has 0 aliphatic carbocycles. The summed E-state index contributed by atoms with van der Waals surface area (Å²) in [5, 5.41) is 6.39. The summed E-state index contributed by atoms with van der Waals surface area (Å²) in [6.45, 7) is 11.6. The fourth-order valence-electron chi connectivity index (χ4n) is 3.26. The van der Waals surface area contributed by atoms with Crippen LogP contribution in [0.1, 0.15) is 26.3 Å². The van der Waals surface area contributed by atoms with Crippen LogP contribution in [0.15, 0.2) is 23.2 Å². The predicted molar refractivity (Wildman–Crippen MR) is 120 cm³/mol. The third-order valence-electron chi connectivity index (χ3n) is 4.79. The normalized spacial score (nSPS) is 16.6. The van der Waals surface area contributed by atoms with Crippen molar-refractivity contribution < 1.29 is 13.5 Å². The maximum atomic E-state index is 13.7. The predicted octanol–water partition coefficient (Wildman–Crippen LogP) is 3.04. The van der Waals surface area contributed by atoms with E-state index in [0.29, 0.717) is 31.0 Å². The minimum atomic E-state index is -0.508. The SMILES string of the molecule is CCNC(=NCC(C(C)C)N1CCOCC1)NCCc1c(F)cccc1F.I. The van der Waals surface area contributed by atoms with Crippen LogP contribution in [0.4, 0.5) is 8.78 Å². The van der Waals surface area contributed by atoms with Crippen molar-refractivity contribution in [3.8, 4) is 0 Å². The third-order valence-corrected chi connectivity index (χ3v) is 4.79. The molecule has 0 radical (unpaired) electrons. The third kappa shape index (κ3) is 7.79. The molecule has 160 valence electrons. The first-order valence-corrected chi connectivity index (χ1v) is 9.79. The van der Waals surface area contributed by atoms with Gasteiger partial charge in [0.05, 0.1) is 19.8 Å². The van der Waals surface area contributed by atoms with Gasteiger partial charge < -0.3 is 15.4 Å². The maximum absolute atomic E-state index is 13.7. The molecule has 1 heterocycles. The zero-order valence-electron chi connectivity index (χ0n) is 17.0. The number of aliphatic imine (C=N–C) groups is 1. The van der Waals surface area contributed by atoms with Crippen LogP contribution < -0.4 is 10.6 Å². The van der Waals surface area contributed by atoms with Gasteiger partial charge in [0.2, 0.25) is 0 Å². The maximum Gasteiger partial charge on any atom is 0.191 e. The quantitative estimate of drug-likeness (QED) is 0.321. The molecule has 2 N–H and O–H groups in total. The number of hydrogen-bond donors (Lipinski definition) is 2. The molecule has 1 aromatic rings. The zero-order chi connectivity index (χ0) is 19.6. The number of ether oxygens (including phenoxy) is 1. The summed E-state index contributed by atoms with van der Waals surface area (Å²) in [4.78, 5) is 7.14. The average Bonchev–Trinajstić information content (AvgIpc) is 2.65. The van der Waals surface area contributed by atoms with Crippen molar-refractivity contribution in [3.63, 3.8) is 0 Å². The van der Waals surface area contributed by atoms with Crippen molar-refractivity contribution in [3.05, 3.63) is 35.4 Å². The summed E-state index contributed by atoms with van der Waals surface area (Å²) in [6.07, 6.45) is 0.264. The van der Waals surface area contributed by atoms with Crippen molar-refractivity contribution in [2.24, 2.45) is 10.9 Å². The topological polar surface area (TPSA) is 48.9 Å². The van der Waals surface area contributed by atoms with Gasteiger partial charge in [0, 0.05) is 37.8 Å². The van der Waals surface area contributed by atoms with Gasteiger partial charge in [0.15, 0.2) is 5.96 Å². The molecule has 0 spiro atoms. The highest BCUT2D eigenvalue weighted by molar-refractivity contribution is 14.0. The highest BCUT2D eigenvalue weighted by atomic mass is 127. The van der Waals surface area contributed by atoms with Crippen LogP contribution in [0.2, 0.25) is 0 Å². The molecule has 0 aromatic heterocycles. The molecule has 2 rings (SSSR count). The smallest absolute Gasteiger partial charge is 0.191 e. The molecule has 1 aliphatic rings. The summed E-state index contributed by atoms with van der Waals surface area (Å²) >= 11 is 0. The van der Waals surface area contributed by atoms with Gasteiger partial charge in [0.25, 0.3) is 0 Å². The lowest BCUT2D eigenvalue weighted by Gasteiger charge is -2.36. The Morgan fingerprint density at radius 2 is 1.82 bits per heavy atom. The van der Waals surface area contributed by atoms with E-state index in [0.717, 1.165) is 32.8 Å². The fraction of sp³-hybridized carbons (Fsp3) is 0.650. The van der Waals surface area contributed by atoms with Crippen LogP contribution >= 0.6 is 24.0 Å². The van der Waals surface area contributed by atoms with E-state index < -0.39 is 11.6 Å². The highest BCUT2D eigenvalue weighted by Crippen LogP contribution is 2.14. The number of morpholine rings is 1. The number of nitrogens with zero attached hydrogens (tertiary/aromatic N) is 2. The van der Waals surface area contributed by atoms with E-state index >= 15 is 0 Å². The molecule has 1 fully saturated rings. The number of hydrogen-bond acceptors (Lipinski definition) is 3. The van der Waals surface area contributed by atoms with Crippen molar-refractivity contribution in [2.45, 2.75) is 33.2 Å². The molecule has 1 unspecified atom stereocenters. The second-order valence-electron chi connectivity index (χ2n) is 7.06. The monoisotopic (exact) mass is 510 g/mol. The molecule has 1 saturated heterocycles. The molecule has 1 aromatic carbocycles. The summed E-state index contributed by atoms with van der Waals surface area (Å²) in [5.41, 5.74) is 0.106. The average molecular weight is 510 g/mol. The fourth-order valence-corrected chi connectivity index (χ4v) is 3.26. The van der Waals surface area contributed by atoms with Crippen LogP contribution in [0.3, 0.4) is 0 Å². The largest absolute Gasteiger partial charge is 0.379 e. The Labute approximate surface area is 184 Å². The van der Waals surface area contributed by atoms with E-state index in [9.17, 15) is 8.78 Å². The summed E-state index contributed by atoms with van der Waals surface area (Å²) < 4.78 is 32.9. The van der Waals surface area contributed by atoms with E-state index in [1.54, 1.807) is 0 Å². The first-order chi connectivity index (χ1) is 13.0. The highest BCUT2D eigenvalue weighted by Gasteiger charge is 2.23. The first-order valence-electron chi connectivity index (χ1n) is 9.79. The van der Waals surface area contributed by atoms with Gasteiger partial charge in [-0.15, -0.1) is 24.0 Å². The second-order valence-corrected chi connectivity index (χ2v) is 7.06. The molecule has 5 nitrogen and oxygen atoms in total. The minimum Gasteiger partial charge on any atom is -0.379 e. The number of benzene rings is 1. The van der Waals surface area contributed by atoms with Gasteiger partial charge in [0.1, 0.15) is 11.6 Å². The van der Waals surface area contributed by atoms with Crippen LogP contribution in [0, 0.1) is 17.6 Å². The molecule has 28 heavy (non-hydrogen) atoms. The molecule has 1 aliphatic heterocycles. The van der Waals surface area contributed by atoms with Gasteiger partial charge in [-0.3, -0.25) is 9.89 Å². The van der Waals surface area contributed by atoms with Gasteiger partial charge in [-0.25, -0.2) is 8.78 Å². The lowest BCUT2D eigenvalue weighted by atomic mass is 10.0. The van der Waals surface area contributed by atoms with Gasteiger partial charge >= 0.3 is 0 Å². The molecule has 1 atom stereocenters. The number of halogens is 3. The Morgan fingerprint density at radius 3 is 2.39 bits per heavy atom. The number of guanidine groups is 1. The standard InChI is InChI=1S/C20H32F2N4O.HI/c1-4-23-20(24-9-8-16-17(21)6-5-7-18(16)22)25-14-19(15(2)3)26-10-12-27-13-11-26;/h5-7,15,19H,4,8-14H2,1-3H3,(H2,23,24,25);1H. The molecule has 0 saturated carbocycles. The number of nitrogens with one attached hydrogen (secondary N) is 2. The lowest BCUT2D eigenvalue weighted by Crippen LogP contribution is -2.48. The molecular formula is C20H33F2IN4O. The molecular weight excluding hydrogens is 477 g/mol. The summed E-state index contributed by atoms with van der Waals surface area (Å²) in [5.74, 6) is 0.132. The van der Waals surface area contributed by atoms with E-state index in [1.165, 1.54) is 18.2 Å². The van der Waals surface area contributed by atoms with Crippen molar-refractivity contribution in [1.29, 1.82) is 0 Å². The van der Waals surface area contributed by atoms with Crippen molar-refractivity contribution in [1.82, 2.24) is 15.5 Å². The van der Waals surface area contributed by atoms with Crippen LogP contribution in [-0.2, 0) is 11.2 Å². The molecule has 0 amide bonds. The Bertz CT molecular complexity index is 590. The van der Waals surface area contributed by atoms with Crippen LogP contribution in [-0.4, -0.2) is 62.8 Å². The van der Waals surface area contributed by atoms with E-state index in [1.807, 2.05) is 6.92 Å². The van der Waals surface area contributed by atoms with Gasteiger partial charge in [-0.1, -0.05) is 19.9 Å². The van der Waals surface area contributed by atoms with E-state index in [2.05, 4.69) is 29.4 Å². The van der Waals surface area contributed by atoms with E-state index in [-0.39, 0.29) is 36.0 Å². The molecule has 8 heteroatoms. The number of rotatable bonds is 8. The van der Waals surface area contributed by atoms with E-state index in [4.69, 9.17) is 9.73 Å². The summed E-state index contributed by atoms with van der Waals surface area (Å²) in [7, 11) is 0. The Morgan fingerprint density at radius 1 is 1.18 bits per heavy atom. The minimum absolute atomic E-state index is 0. The van der Waals surface area contributed by atoms with Crippen molar-refractivity contribution in [2.75, 3.05) is 45.9 Å².